The maximum absolute atomic E-state index is 13.1. The zero-order valence-corrected chi connectivity index (χ0v) is 16.7. The van der Waals surface area contributed by atoms with Crippen LogP contribution in [0.25, 0.3) is 0 Å². The molecule has 1 aliphatic heterocycles. The molecule has 1 fully saturated rings. The van der Waals surface area contributed by atoms with Gasteiger partial charge < -0.3 is 9.73 Å². The van der Waals surface area contributed by atoms with Crippen molar-refractivity contribution in [2.24, 2.45) is 0 Å². The second kappa shape index (κ2) is 7.72. The number of thiocarbonyl (C=S) groups is 1. The van der Waals surface area contributed by atoms with Crippen LogP contribution in [0.3, 0.4) is 0 Å². The third kappa shape index (κ3) is 4.07. The minimum Gasteiger partial charge on any atom is -0.467 e. The zero-order chi connectivity index (χ0) is 20.5. The SMILES string of the molecule is CC1(C)SC(=S)N(Cc2ccco2)C(=O)C1NC(=O)c1ccc([N+](=O)[O-])cc1. The molecule has 28 heavy (non-hydrogen) atoms. The van der Waals surface area contributed by atoms with Gasteiger partial charge in [0.1, 0.15) is 16.1 Å². The number of benzene rings is 1. The Hall–Kier alpha value is -2.72. The molecule has 1 aromatic heterocycles. The van der Waals surface area contributed by atoms with Crippen LogP contribution >= 0.6 is 24.0 Å². The highest BCUT2D eigenvalue weighted by Crippen LogP contribution is 2.37. The van der Waals surface area contributed by atoms with Gasteiger partial charge in [-0.1, -0.05) is 24.0 Å². The highest BCUT2D eigenvalue weighted by Gasteiger charge is 2.46. The minimum absolute atomic E-state index is 0.115. The van der Waals surface area contributed by atoms with Crippen LogP contribution in [0.2, 0.25) is 0 Å². The second-order valence-electron chi connectivity index (χ2n) is 6.69. The van der Waals surface area contributed by atoms with E-state index in [1.54, 1.807) is 12.1 Å². The van der Waals surface area contributed by atoms with Crippen LogP contribution in [0.4, 0.5) is 5.69 Å². The Bertz CT molecular complexity index is 925. The third-order valence-electron chi connectivity index (χ3n) is 4.29. The lowest BCUT2D eigenvalue weighted by Crippen LogP contribution is -2.62. The van der Waals surface area contributed by atoms with E-state index in [2.05, 4.69) is 5.32 Å². The average Bonchev–Trinajstić information content (AvgIpc) is 3.15. The Morgan fingerprint density at radius 1 is 1.36 bits per heavy atom. The second-order valence-corrected chi connectivity index (χ2v) is 8.97. The number of carbonyl (C=O) groups is 2. The van der Waals surface area contributed by atoms with Crippen molar-refractivity contribution in [1.29, 1.82) is 0 Å². The number of carbonyl (C=O) groups excluding carboxylic acids is 2. The van der Waals surface area contributed by atoms with Crippen LogP contribution < -0.4 is 5.32 Å². The van der Waals surface area contributed by atoms with Crippen molar-refractivity contribution in [3.63, 3.8) is 0 Å². The van der Waals surface area contributed by atoms with Crippen LogP contribution in [0.5, 0.6) is 0 Å². The molecule has 3 rings (SSSR count). The smallest absolute Gasteiger partial charge is 0.269 e. The number of hydrogen-bond donors (Lipinski definition) is 1. The number of thioether (sulfide) groups is 1. The summed E-state index contributed by atoms with van der Waals surface area (Å²) in [7, 11) is 0. The van der Waals surface area contributed by atoms with Crippen LogP contribution in [-0.4, -0.2) is 36.7 Å². The molecule has 1 aliphatic rings. The third-order valence-corrected chi connectivity index (χ3v) is 5.92. The molecule has 1 N–H and O–H groups in total. The van der Waals surface area contributed by atoms with E-state index < -0.39 is 21.6 Å². The van der Waals surface area contributed by atoms with Crippen LogP contribution in [-0.2, 0) is 11.3 Å². The maximum atomic E-state index is 13.1. The van der Waals surface area contributed by atoms with Crippen LogP contribution in [0.1, 0.15) is 30.0 Å². The van der Waals surface area contributed by atoms with Gasteiger partial charge in [0.2, 0.25) is 0 Å². The van der Waals surface area contributed by atoms with Crippen LogP contribution in [0, 0.1) is 10.1 Å². The van der Waals surface area contributed by atoms with Crippen molar-refractivity contribution in [1.82, 2.24) is 10.2 Å². The van der Waals surface area contributed by atoms with Gasteiger partial charge in [-0.2, -0.15) is 0 Å². The molecule has 0 radical (unpaired) electrons. The number of non-ortho nitro benzene ring substituents is 1. The van der Waals surface area contributed by atoms with E-state index in [1.165, 1.54) is 47.2 Å². The summed E-state index contributed by atoms with van der Waals surface area (Å²) < 4.78 is 5.04. The van der Waals surface area contributed by atoms with Crippen molar-refractivity contribution in [3.8, 4) is 0 Å². The molecular weight excluding hydrogens is 402 g/mol. The molecule has 8 nitrogen and oxygen atoms in total. The first kappa shape index (κ1) is 20.0. The van der Waals surface area contributed by atoms with Crippen molar-refractivity contribution < 1.29 is 18.9 Å². The molecule has 0 bridgehead atoms. The Balaban J connectivity index is 1.79. The van der Waals surface area contributed by atoms with Crippen molar-refractivity contribution >= 4 is 45.8 Å². The van der Waals surface area contributed by atoms with E-state index >= 15 is 0 Å². The van der Waals surface area contributed by atoms with E-state index in [9.17, 15) is 19.7 Å². The Morgan fingerprint density at radius 2 is 2.04 bits per heavy atom. The van der Waals surface area contributed by atoms with E-state index in [0.717, 1.165) is 0 Å². The van der Waals surface area contributed by atoms with Gasteiger partial charge in [-0.25, -0.2) is 0 Å². The molecule has 1 aromatic carbocycles. The highest BCUT2D eigenvalue weighted by atomic mass is 32.2. The molecule has 2 heterocycles. The molecule has 0 aliphatic carbocycles. The largest absolute Gasteiger partial charge is 0.467 e. The zero-order valence-electron chi connectivity index (χ0n) is 15.1. The van der Waals surface area contributed by atoms with Gasteiger partial charge in [-0.3, -0.25) is 24.6 Å². The van der Waals surface area contributed by atoms with Gasteiger partial charge >= 0.3 is 0 Å². The first-order chi connectivity index (χ1) is 13.2. The molecule has 0 saturated carbocycles. The number of rotatable bonds is 5. The molecule has 1 unspecified atom stereocenters. The molecule has 146 valence electrons. The molecule has 1 atom stereocenters. The fourth-order valence-corrected chi connectivity index (χ4v) is 4.56. The number of nitro groups is 1. The molecular formula is C18H17N3O5S2. The summed E-state index contributed by atoms with van der Waals surface area (Å²) in [4.78, 5) is 37.3. The van der Waals surface area contributed by atoms with Gasteiger partial charge in [0.15, 0.2) is 0 Å². The van der Waals surface area contributed by atoms with Gasteiger partial charge in [-0.05, 0) is 38.1 Å². The van der Waals surface area contributed by atoms with E-state index in [0.29, 0.717) is 10.1 Å². The predicted octanol–water partition coefficient (Wildman–Crippen LogP) is 3.13. The first-order valence-electron chi connectivity index (χ1n) is 8.31. The quantitative estimate of drug-likeness (QED) is 0.451. The minimum atomic E-state index is -0.832. The Morgan fingerprint density at radius 3 is 2.61 bits per heavy atom. The lowest BCUT2D eigenvalue weighted by atomic mass is 10.0. The summed E-state index contributed by atoms with van der Waals surface area (Å²) in [5, 5.41) is 13.5. The highest BCUT2D eigenvalue weighted by molar-refractivity contribution is 8.24. The maximum Gasteiger partial charge on any atom is 0.269 e. The number of nitrogens with one attached hydrogen (secondary N) is 1. The molecule has 1 saturated heterocycles. The monoisotopic (exact) mass is 419 g/mol. The summed E-state index contributed by atoms with van der Waals surface area (Å²) in [6.45, 7) is 3.83. The number of amides is 2. The Labute approximate surface area is 170 Å². The van der Waals surface area contributed by atoms with Crippen molar-refractivity contribution in [2.75, 3.05) is 0 Å². The van der Waals surface area contributed by atoms with E-state index in [4.69, 9.17) is 16.6 Å². The lowest BCUT2D eigenvalue weighted by molar-refractivity contribution is -0.384. The fraction of sp³-hybridized carbons (Fsp3) is 0.278. The predicted molar refractivity (Wildman–Crippen MR) is 108 cm³/mol. The summed E-state index contributed by atoms with van der Waals surface area (Å²) in [5.41, 5.74) is 0.112. The van der Waals surface area contributed by atoms with Crippen molar-refractivity contribution in [2.45, 2.75) is 31.2 Å². The fourth-order valence-electron chi connectivity index (χ4n) is 2.77. The number of furan rings is 1. The van der Waals surface area contributed by atoms with Gasteiger partial charge in [-0.15, -0.1) is 0 Å². The van der Waals surface area contributed by atoms with Crippen molar-refractivity contribution in [3.05, 3.63) is 64.1 Å². The summed E-state index contributed by atoms with van der Waals surface area (Å²) in [6.07, 6.45) is 1.51. The molecule has 2 aromatic rings. The van der Waals surface area contributed by atoms with Gasteiger partial charge in [0.05, 0.1) is 17.7 Å². The molecule has 10 heteroatoms. The van der Waals surface area contributed by atoms with Crippen LogP contribution in [0.15, 0.2) is 47.1 Å². The summed E-state index contributed by atoms with van der Waals surface area (Å²) in [6, 6.07) is 7.83. The molecule has 0 spiro atoms. The number of nitro benzene ring substituents is 1. The Kier molecular flexibility index (Phi) is 5.52. The van der Waals surface area contributed by atoms with Gasteiger partial charge in [0, 0.05) is 22.4 Å². The molecule has 2 amide bonds. The topological polar surface area (TPSA) is 106 Å². The summed E-state index contributed by atoms with van der Waals surface area (Å²) in [5.74, 6) is -0.246. The number of nitrogens with zero attached hydrogens (tertiary/aromatic N) is 2. The van der Waals surface area contributed by atoms with E-state index in [1.807, 2.05) is 13.8 Å². The first-order valence-corrected chi connectivity index (χ1v) is 9.53. The lowest BCUT2D eigenvalue weighted by Gasteiger charge is -2.42. The normalized spacial score (nSPS) is 18.8. The summed E-state index contributed by atoms with van der Waals surface area (Å²) >= 11 is 6.69. The van der Waals surface area contributed by atoms with Gasteiger partial charge in [0.25, 0.3) is 17.5 Å². The average molecular weight is 419 g/mol. The van der Waals surface area contributed by atoms with E-state index in [-0.39, 0.29) is 23.7 Å². The number of hydrogen-bond acceptors (Lipinski definition) is 7. The standard InChI is InChI=1S/C18H17N3O5S2/c1-18(2)14(19-15(22)11-5-7-12(8-6-11)21(24)25)16(23)20(17(27)28-18)10-13-4-3-9-26-13/h3-9,14H,10H2,1-2H3,(H,19,22).